The van der Waals surface area contributed by atoms with Gasteiger partial charge in [0.1, 0.15) is 6.54 Å². The standard InChI is InChI=1S/C19H19BrN2O7S/c1-2-28-19(25)15-8-3-4-9-16(15)22-17(23)12-29-18(24)11-21-30(26,27)14-7-5-6-13(20)10-14/h3-10,21H,2,11-12H2,1H3,(H,22,23). The highest BCUT2D eigenvalue weighted by atomic mass is 79.9. The summed E-state index contributed by atoms with van der Waals surface area (Å²) in [5.74, 6) is -2.25. The lowest BCUT2D eigenvalue weighted by molar-refractivity contribution is -0.146. The molecule has 0 unspecified atom stereocenters. The number of hydrogen-bond donors (Lipinski definition) is 2. The van der Waals surface area contributed by atoms with Crippen LogP contribution in [0, 0.1) is 0 Å². The third-order valence-corrected chi connectivity index (χ3v) is 5.47. The first-order valence-corrected chi connectivity index (χ1v) is 11.0. The number of amides is 1. The Labute approximate surface area is 181 Å². The lowest BCUT2D eigenvalue weighted by Gasteiger charge is -2.11. The van der Waals surface area contributed by atoms with E-state index in [1.54, 1.807) is 25.1 Å². The largest absolute Gasteiger partial charge is 0.462 e. The second-order valence-electron chi connectivity index (χ2n) is 5.76. The zero-order valence-corrected chi connectivity index (χ0v) is 18.3. The summed E-state index contributed by atoms with van der Waals surface area (Å²) in [6.07, 6.45) is 0. The molecule has 0 bridgehead atoms. The van der Waals surface area contributed by atoms with Crippen LogP contribution in [0.4, 0.5) is 5.69 Å². The number of halogens is 1. The molecule has 2 aromatic carbocycles. The molecule has 9 nitrogen and oxygen atoms in total. The zero-order valence-electron chi connectivity index (χ0n) is 15.9. The maximum atomic E-state index is 12.2. The Morgan fingerprint density at radius 1 is 1.03 bits per heavy atom. The summed E-state index contributed by atoms with van der Waals surface area (Å²) in [4.78, 5) is 35.7. The van der Waals surface area contributed by atoms with Crippen molar-refractivity contribution in [1.82, 2.24) is 4.72 Å². The summed E-state index contributed by atoms with van der Waals surface area (Å²) in [6, 6.07) is 12.1. The summed E-state index contributed by atoms with van der Waals surface area (Å²) >= 11 is 3.17. The summed E-state index contributed by atoms with van der Waals surface area (Å²) < 4.78 is 36.7. The van der Waals surface area contributed by atoms with Crippen LogP contribution in [-0.4, -0.2) is 46.0 Å². The number of carbonyl (C=O) groups is 3. The van der Waals surface area contributed by atoms with Gasteiger partial charge in [-0.25, -0.2) is 13.2 Å². The molecule has 30 heavy (non-hydrogen) atoms. The van der Waals surface area contributed by atoms with E-state index in [0.29, 0.717) is 4.47 Å². The van der Waals surface area contributed by atoms with Crippen molar-refractivity contribution in [2.75, 3.05) is 25.1 Å². The van der Waals surface area contributed by atoms with E-state index >= 15 is 0 Å². The topological polar surface area (TPSA) is 128 Å². The number of nitrogens with one attached hydrogen (secondary N) is 2. The smallest absolute Gasteiger partial charge is 0.340 e. The number of anilines is 1. The van der Waals surface area contributed by atoms with Crippen molar-refractivity contribution in [3.05, 3.63) is 58.6 Å². The molecule has 0 aromatic heterocycles. The van der Waals surface area contributed by atoms with Crippen LogP contribution < -0.4 is 10.0 Å². The van der Waals surface area contributed by atoms with Crippen molar-refractivity contribution in [3.8, 4) is 0 Å². The van der Waals surface area contributed by atoms with Gasteiger partial charge in [0, 0.05) is 4.47 Å². The first-order valence-electron chi connectivity index (χ1n) is 8.70. The second kappa shape index (κ2) is 10.9. The Bertz CT molecular complexity index is 1040. The van der Waals surface area contributed by atoms with Crippen LogP contribution in [0.15, 0.2) is 57.9 Å². The molecular formula is C19H19BrN2O7S. The fourth-order valence-electron chi connectivity index (χ4n) is 2.23. The summed E-state index contributed by atoms with van der Waals surface area (Å²) in [7, 11) is -3.92. The molecule has 0 aliphatic heterocycles. The highest BCUT2D eigenvalue weighted by Crippen LogP contribution is 2.17. The number of esters is 2. The molecule has 0 radical (unpaired) electrons. The van der Waals surface area contributed by atoms with E-state index < -0.39 is 41.0 Å². The molecule has 2 rings (SSSR count). The molecule has 0 fully saturated rings. The molecule has 0 aliphatic carbocycles. The number of para-hydroxylation sites is 1. The van der Waals surface area contributed by atoms with Gasteiger partial charge in [0.2, 0.25) is 10.0 Å². The molecule has 160 valence electrons. The fraction of sp³-hybridized carbons (Fsp3) is 0.211. The molecule has 0 spiro atoms. The lowest BCUT2D eigenvalue weighted by Crippen LogP contribution is -2.32. The Balaban J connectivity index is 1.87. The molecule has 1 amide bonds. The highest BCUT2D eigenvalue weighted by Gasteiger charge is 2.18. The second-order valence-corrected chi connectivity index (χ2v) is 8.44. The average molecular weight is 499 g/mol. The van der Waals surface area contributed by atoms with E-state index in [2.05, 4.69) is 26.0 Å². The number of sulfonamides is 1. The Morgan fingerprint density at radius 2 is 1.77 bits per heavy atom. The monoisotopic (exact) mass is 498 g/mol. The number of rotatable bonds is 9. The minimum absolute atomic E-state index is 0.0296. The first kappa shape index (κ1) is 23.5. The molecule has 2 aromatic rings. The van der Waals surface area contributed by atoms with E-state index in [1.165, 1.54) is 30.3 Å². The van der Waals surface area contributed by atoms with Gasteiger partial charge in [-0.15, -0.1) is 0 Å². The van der Waals surface area contributed by atoms with Gasteiger partial charge in [0.15, 0.2) is 6.61 Å². The van der Waals surface area contributed by atoms with Gasteiger partial charge >= 0.3 is 11.9 Å². The molecule has 0 saturated carbocycles. The Hall–Kier alpha value is -2.76. The Morgan fingerprint density at radius 3 is 2.47 bits per heavy atom. The first-order chi connectivity index (χ1) is 14.2. The third kappa shape index (κ3) is 6.94. The van der Waals surface area contributed by atoms with Crippen LogP contribution in [0.5, 0.6) is 0 Å². The van der Waals surface area contributed by atoms with Crippen molar-refractivity contribution in [1.29, 1.82) is 0 Å². The van der Waals surface area contributed by atoms with Crippen LogP contribution in [0.1, 0.15) is 17.3 Å². The van der Waals surface area contributed by atoms with E-state index in [0.717, 1.165) is 0 Å². The van der Waals surface area contributed by atoms with Crippen LogP contribution in [0.25, 0.3) is 0 Å². The summed E-state index contributed by atoms with van der Waals surface area (Å²) in [5.41, 5.74) is 0.355. The summed E-state index contributed by atoms with van der Waals surface area (Å²) in [6.45, 7) is 0.522. The highest BCUT2D eigenvalue weighted by molar-refractivity contribution is 9.10. The van der Waals surface area contributed by atoms with Crippen molar-refractivity contribution >= 4 is 49.5 Å². The van der Waals surface area contributed by atoms with E-state index in [-0.39, 0.29) is 22.8 Å². The van der Waals surface area contributed by atoms with Gasteiger partial charge in [0.25, 0.3) is 5.91 Å². The average Bonchev–Trinajstić information content (AvgIpc) is 2.71. The maximum Gasteiger partial charge on any atom is 0.340 e. The van der Waals surface area contributed by atoms with Crippen molar-refractivity contribution in [2.24, 2.45) is 0 Å². The van der Waals surface area contributed by atoms with Crippen molar-refractivity contribution in [3.63, 3.8) is 0 Å². The van der Waals surface area contributed by atoms with Gasteiger partial charge in [0.05, 0.1) is 22.8 Å². The predicted octanol–water partition coefficient (Wildman–Crippen LogP) is 2.09. The predicted molar refractivity (Wildman–Crippen MR) is 111 cm³/mol. The fourth-order valence-corrected chi connectivity index (χ4v) is 3.80. The molecule has 0 heterocycles. The third-order valence-electron chi connectivity index (χ3n) is 3.57. The van der Waals surface area contributed by atoms with Crippen molar-refractivity contribution < 1.29 is 32.3 Å². The van der Waals surface area contributed by atoms with Crippen LogP contribution in [0.3, 0.4) is 0 Å². The van der Waals surface area contributed by atoms with Gasteiger partial charge in [-0.1, -0.05) is 34.1 Å². The minimum Gasteiger partial charge on any atom is -0.462 e. The number of carbonyl (C=O) groups excluding carboxylic acids is 3. The number of ether oxygens (including phenoxy) is 2. The molecular weight excluding hydrogens is 480 g/mol. The van der Waals surface area contributed by atoms with E-state index in [1.807, 2.05) is 0 Å². The molecule has 11 heteroatoms. The molecule has 0 aliphatic rings. The number of benzene rings is 2. The van der Waals surface area contributed by atoms with E-state index in [4.69, 9.17) is 9.47 Å². The quantitative estimate of drug-likeness (QED) is 0.506. The van der Waals surface area contributed by atoms with Crippen LogP contribution in [0.2, 0.25) is 0 Å². The SMILES string of the molecule is CCOC(=O)c1ccccc1NC(=O)COC(=O)CNS(=O)(=O)c1cccc(Br)c1. The van der Waals surface area contributed by atoms with Crippen molar-refractivity contribution in [2.45, 2.75) is 11.8 Å². The Kier molecular flexibility index (Phi) is 8.51. The van der Waals surface area contributed by atoms with Gasteiger partial charge in [-0.2, -0.15) is 4.72 Å². The summed E-state index contributed by atoms with van der Waals surface area (Å²) in [5, 5.41) is 2.45. The molecule has 0 saturated heterocycles. The lowest BCUT2D eigenvalue weighted by atomic mass is 10.2. The maximum absolute atomic E-state index is 12.2. The zero-order chi connectivity index (χ0) is 22.1. The minimum atomic E-state index is -3.92. The van der Waals surface area contributed by atoms with Crippen LogP contribution >= 0.6 is 15.9 Å². The van der Waals surface area contributed by atoms with Gasteiger partial charge < -0.3 is 14.8 Å². The van der Waals surface area contributed by atoms with Crippen LogP contribution in [-0.2, 0) is 29.1 Å². The number of hydrogen-bond acceptors (Lipinski definition) is 7. The normalized spacial score (nSPS) is 10.9. The van der Waals surface area contributed by atoms with E-state index in [9.17, 15) is 22.8 Å². The van der Waals surface area contributed by atoms with Gasteiger partial charge in [-0.3, -0.25) is 9.59 Å². The molecule has 2 N–H and O–H groups in total. The van der Waals surface area contributed by atoms with Gasteiger partial charge in [-0.05, 0) is 37.3 Å². The molecule has 0 atom stereocenters.